The van der Waals surface area contributed by atoms with Crippen molar-refractivity contribution in [1.82, 2.24) is 10.2 Å². The second-order valence-corrected chi connectivity index (χ2v) is 4.54. The van der Waals surface area contributed by atoms with E-state index in [0.717, 1.165) is 26.1 Å². The van der Waals surface area contributed by atoms with Crippen molar-refractivity contribution in [2.24, 2.45) is 5.92 Å². The Morgan fingerprint density at radius 2 is 2.29 bits per heavy atom. The number of rotatable bonds is 4. The predicted molar refractivity (Wildman–Crippen MR) is 58.1 cm³/mol. The van der Waals surface area contributed by atoms with Gasteiger partial charge in [0.25, 0.3) is 0 Å². The number of nitrogens with zero attached hydrogens (tertiary/aromatic N) is 1. The zero-order valence-corrected chi connectivity index (χ0v) is 9.55. The quantitative estimate of drug-likeness (QED) is 0.737. The lowest BCUT2D eigenvalue weighted by molar-refractivity contribution is -0.122. The number of likely N-dealkylation sites (tertiary alicyclic amines) is 1. The molecule has 0 bridgehead atoms. The minimum atomic E-state index is 0.211. The lowest BCUT2D eigenvalue weighted by Crippen LogP contribution is -2.37. The SMILES string of the molecule is CCN1CC[C@@H](NC(=O)CC(C)C)C1. The van der Waals surface area contributed by atoms with Crippen LogP contribution in [-0.2, 0) is 4.79 Å². The number of likely N-dealkylation sites (N-methyl/N-ethyl adjacent to an activating group) is 1. The van der Waals surface area contributed by atoms with Crippen molar-refractivity contribution < 1.29 is 4.79 Å². The van der Waals surface area contributed by atoms with Gasteiger partial charge in [-0.05, 0) is 18.9 Å². The fourth-order valence-electron chi connectivity index (χ4n) is 1.90. The second kappa shape index (κ2) is 5.35. The van der Waals surface area contributed by atoms with Crippen LogP contribution in [0, 0.1) is 5.92 Å². The monoisotopic (exact) mass is 198 g/mol. The Hall–Kier alpha value is -0.570. The van der Waals surface area contributed by atoms with E-state index >= 15 is 0 Å². The molecule has 1 aliphatic rings. The maximum Gasteiger partial charge on any atom is 0.220 e. The van der Waals surface area contributed by atoms with Crippen LogP contribution in [0.4, 0.5) is 0 Å². The van der Waals surface area contributed by atoms with Crippen molar-refractivity contribution >= 4 is 5.91 Å². The van der Waals surface area contributed by atoms with Crippen molar-refractivity contribution in [2.75, 3.05) is 19.6 Å². The van der Waals surface area contributed by atoms with Crippen molar-refractivity contribution in [3.63, 3.8) is 0 Å². The highest BCUT2D eigenvalue weighted by atomic mass is 16.1. The summed E-state index contributed by atoms with van der Waals surface area (Å²) in [4.78, 5) is 13.9. The van der Waals surface area contributed by atoms with Crippen LogP contribution in [0.1, 0.15) is 33.6 Å². The van der Waals surface area contributed by atoms with E-state index in [1.165, 1.54) is 0 Å². The van der Waals surface area contributed by atoms with E-state index in [-0.39, 0.29) is 5.91 Å². The Bertz CT molecular complexity index is 192. The highest BCUT2D eigenvalue weighted by molar-refractivity contribution is 5.76. The summed E-state index contributed by atoms with van der Waals surface area (Å²) in [5.41, 5.74) is 0. The number of hydrogen-bond donors (Lipinski definition) is 1. The van der Waals surface area contributed by atoms with E-state index in [0.29, 0.717) is 18.4 Å². The fourth-order valence-corrected chi connectivity index (χ4v) is 1.90. The Morgan fingerprint density at radius 1 is 1.57 bits per heavy atom. The van der Waals surface area contributed by atoms with Crippen LogP contribution >= 0.6 is 0 Å². The van der Waals surface area contributed by atoms with E-state index in [2.05, 4.69) is 31.0 Å². The molecule has 1 saturated heterocycles. The maximum atomic E-state index is 11.5. The number of carbonyl (C=O) groups is 1. The molecule has 0 radical (unpaired) electrons. The molecule has 1 N–H and O–H groups in total. The van der Waals surface area contributed by atoms with Gasteiger partial charge in [0, 0.05) is 25.6 Å². The summed E-state index contributed by atoms with van der Waals surface area (Å²) in [6, 6.07) is 0.390. The number of hydrogen-bond acceptors (Lipinski definition) is 2. The Labute approximate surface area is 86.9 Å². The summed E-state index contributed by atoms with van der Waals surface area (Å²) < 4.78 is 0. The predicted octanol–water partition coefficient (Wildman–Crippen LogP) is 1.24. The third-order valence-corrected chi connectivity index (χ3v) is 2.68. The van der Waals surface area contributed by atoms with Crippen LogP contribution < -0.4 is 5.32 Å². The zero-order valence-electron chi connectivity index (χ0n) is 9.55. The second-order valence-electron chi connectivity index (χ2n) is 4.54. The Balaban J connectivity index is 2.22. The standard InChI is InChI=1S/C11H22N2O/c1-4-13-6-5-10(8-13)12-11(14)7-9(2)3/h9-10H,4-8H2,1-3H3,(H,12,14)/t10-/m1/s1. The molecule has 0 aromatic rings. The molecule has 1 fully saturated rings. The molecule has 0 saturated carbocycles. The van der Waals surface area contributed by atoms with E-state index in [1.54, 1.807) is 0 Å². The van der Waals surface area contributed by atoms with Crippen LogP contribution in [0.3, 0.4) is 0 Å². The zero-order chi connectivity index (χ0) is 10.6. The lowest BCUT2D eigenvalue weighted by atomic mass is 10.1. The van der Waals surface area contributed by atoms with Gasteiger partial charge in [-0.15, -0.1) is 0 Å². The van der Waals surface area contributed by atoms with Crippen LogP contribution in [-0.4, -0.2) is 36.5 Å². The summed E-state index contributed by atoms with van der Waals surface area (Å²) >= 11 is 0. The van der Waals surface area contributed by atoms with Crippen molar-refractivity contribution in [1.29, 1.82) is 0 Å². The molecule has 1 amide bonds. The molecule has 82 valence electrons. The highest BCUT2D eigenvalue weighted by Crippen LogP contribution is 2.09. The lowest BCUT2D eigenvalue weighted by Gasteiger charge is -2.15. The first-order valence-corrected chi connectivity index (χ1v) is 5.63. The minimum absolute atomic E-state index is 0.211. The van der Waals surface area contributed by atoms with Gasteiger partial charge in [-0.3, -0.25) is 4.79 Å². The third-order valence-electron chi connectivity index (χ3n) is 2.68. The third kappa shape index (κ3) is 3.66. The summed E-state index contributed by atoms with van der Waals surface area (Å²) in [5.74, 6) is 0.668. The molecule has 3 nitrogen and oxygen atoms in total. The van der Waals surface area contributed by atoms with Crippen molar-refractivity contribution in [3.05, 3.63) is 0 Å². The van der Waals surface area contributed by atoms with Gasteiger partial charge in [0.2, 0.25) is 5.91 Å². The first kappa shape index (κ1) is 11.5. The summed E-state index contributed by atoms with van der Waals surface area (Å²) in [7, 11) is 0. The van der Waals surface area contributed by atoms with E-state index < -0.39 is 0 Å². The number of carbonyl (C=O) groups excluding carboxylic acids is 1. The van der Waals surface area contributed by atoms with Gasteiger partial charge in [0.15, 0.2) is 0 Å². The van der Waals surface area contributed by atoms with Gasteiger partial charge in [-0.25, -0.2) is 0 Å². The van der Waals surface area contributed by atoms with Gasteiger partial charge >= 0.3 is 0 Å². The summed E-state index contributed by atoms with van der Waals surface area (Å²) in [6.07, 6.45) is 1.76. The largest absolute Gasteiger partial charge is 0.352 e. The van der Waals surface area contributed by atoms with Gasteiger partial charge < -0.3 is 10.2 Å². The van der Waals surface area contributed by atoms with Crippen LogP contribution in [0.25, 0.3) is 0 Å². The average Bonchev–Trinajstić information content (AvgIpc) is 2.50. The molecule has 1 heterocycles. The number of amides is 1. The molecule has 1 atom stereocenters. The molecule has 3 heteroatoms. The molecule has 0 aliphatic carbocycles. The summed E-state index contributed by atoms with van der Waals surface area (Å²) in [5, 5.41) is 3.09. The Morgan fingerprint density at radius 3 is 2.79 bits per heavy atom. The van der Waals surface area contributed by atoms with Crippen molar-refractivity contribution in [2.45, 2.75) is 39.7 Å². The van der Waals surface area contributed by atoms with E-state index in [4.69, 9.17) is 0 Å². The van der Waals surface area contributed by atoms with Crippen molar-refractivity contribution in [3.8, 4) is 0 Å². The first-order valence-electron chi connectivity index (χ1n) is 5.63. The summed E-state index contributed by atoms with van der Waals surface area (Å²) in [6.45, 7) is 9.57. The molecular weight excluding hydrogens is 176 g/mol. The van der Waals surface area contributed by atoms with Gasteiger partial charge in [-0.1, -0.05) is 20.8 Å². The molecule has 1 aliphatic heterocycles. The van der Waals surface area contributed by atoms with Crippen LogP contribution in [0.5, 0.6) is 0 Å². The van der Waals surface area contributed by atoms with E-state index in [9.17, 15) is 4.79 Å². The first-order chi connectivity index (χ1) is 6.61. The topological polar surface area (TPSA) is 32.3 Å². The molecule has 0 unspecified atom stereocenters. The van der Waals surface area contributed by atoms with Crippen LogP contribution in [0.2, 0.25) is 0 Å². The average molecular weight is 198 g/mol. The van der Waals surface area contributed by atoms with E-state index in [1.807, 2.05) is 0 Å². The van der Waals surface area contributed by atoms with Crippen LogP contribution in [0.15, 0.2) is 0 Å². The smallest absolute Gasteiger partial charge is 0.220 e. The Kier molecular flexibility index (Phi) is 4.39. The molecule has 1 rings (SSSR count). The fraction of sp³-hybridized carbons (Fsp3) is 0.909. The van der Waals surface area contributed by atoms with Gasteiger partial charge in [0.05, 0.1) is 0 Å². The molecule has 0 spiro atoms. The minimum Gasteiger partial charge on any atom is -0.352 e. The van der Waals surface area contributed by atoms with Gasteiger partial charge in [0.1, 0.15) is 0 Å². The molecule has 0 aromatic heterocycles. The molecule has 0 aromatic carbocycles. The maximum absolute atomic E-state index is 11.5. The molecular formula is C11H22N2O. The number of nitrogens with one attached hydrogen (secondary N) is 1. The molecule has 14 heavy (non-hydrogen) atoms. The normalized spacial score (nSPS) is 23.0. The van der Waals surface area contributed by atoms with Gasteiger partial charge in [-0.2, -0.15) is 0 Å². The highest BCUT2D eigenvalue weighted by Gasteiger charge is 2.22.